The van der Waals surface area contributed by atoms with Gasteiger partial charge >= 0.3 is 5.97 Å². The van der Waals surface area contributed by atoms with E-state index in [0.29, 0.717) is 10.3 Å². The molecule has 0 aliphatic carbocycles. The van der Waals surface area contributed by atoms with Crippen LogP contribution in [0.3, 0.4) is 0 Å². The number of nitro groups is 1. The Labute approximate surface area is 118 Å². The number of aromatic nitrogens is 1. The van der Waals surface area contributed by atoms with Crippen molar-refractivity contribution in [3.63, 3.8) is 0 Å². The molecule has 8 heteroatoms. The maximum Gasteiger partial charge on any atom is 0.305 e. The third-order valence-electron chi connectivity index (χ3n) is 2.56. The normalized spacial score (nSPS) is 12.2. The molecule has 1 unspecified atom stereocenters. The highest BCUT2D eigenvalue weighted by atomic mass is 79.9. The van der Waals surface area contributed by atoms with Crippen molar-refractivity contribution in [3.05, 3.63) is 26.9 Å². The molecule has 1 aromatic rings. The summed E-state index contributed by atoms with van der Waals surface area (Å²) >= 11 is 3.18. The topological polar surface area (TPSA) is 105 Å². The number of hydrogen-bond acceptors (Lipinski definition) is 5. The molecule has 0 radical (unpaired) electrons. The molecular weight excluding hydrogens is 318 g/mol. The van der Waals surface area contributed by atoms with Gasteiger partial charge in [-0.05, 0) is 21.8 Å². The minimum Gasteiger partial charge on any atom is -0.481 e. The van der Waals surface area contributed by atoms with Crippen LogP contribution in [0.25, 0.3) is 0 Å². The van der Waals surface area contributed by atoms with Gasteiger partial charge < -0.3 is 10.4 Å². The van der Waals surface area contributed by atoms with Crippen molar-refractivity contribution < 1.29 is 14.8 Å². The molecular formula is C11H14BrN3O4. The molecule has 1 heterocycles. The van der Waals surface area contributed by atoms with Crippen molar-refractivity contribution in [1.82, 2.24) is 4.98 Å². The number of nitrogens with zero attached hydrogens (tertiary/aromatic N) is 2. The van der Waals surface area contributed by atoms with Crippen molar-refractivity contribution in [2.75, 3.05) is 5.32 Å². The molecule has 7 nitrogen and oxygen atoms in total. The summed E-state index contributed by atoms with van der Waals surface area (Å²) in [5, 5.41) is 22.4. The van der Waals surface area contributed by atoms with Crippen LogP contribution in [0.2, 0.25) is 0 Å². The van der Waals surface area contributed by atoms with E-state index in [1.54, 1.807) is 0 Å². The first-order chi connectivity index (χ1) is 8.81. The van der Waals surface area contributed by atoms with Crippen LogP contribution in [0, 0.1) is 16.0 Å². The van der Waals surface area contributed by atoms with E-state index in [0.717, 1.165) is 6.20 Å². The number of halogens is 1. The molecule has 0 spiro atoms. The van der Waals surface area contributed by atoms with E-state index in [9.17, 15) is 14.9 Å². The number of aliphatic carboxylic acids is 1. The van der Waals surface area contributed by atoms with Crippen molar-refractivity contribution in [2.24, 2.45) is 5.92 Å². The largest absolute Gasteiger partial charge is 0.481 e. The fourth-order valence-corrected chi connectivity index (χ4v) is 1.90. The number of hydrogen-bond donors (Lipinski definition) is 2. The smallest absolute Gasteiger partial charge is 0.305 e. The maximum atomic E-state index is 10.8. The van der Waals surface area contributed by atoms with Gasteiger partial charge in [0.25, 0.3) is 5.69 Å². The summed E-state index contributed by atoms with van der Waals surface area (Å²) in [6.07, 6.45) is 1.08. The van der Waals surface area contributed by atoms with Gasteiger partial charge in [0.2, 0.25) is 0 Å². The Bertz CT molecular complexity index is 493. The first-order valence-electron chi connectivity index (χ1n) is 5.59. The Morgan fingerprint density at radius 1 is 1.63 bits per heavy atom. The summed E-state index contributed by atoms with van der Waals surface area (Å²) in [6.45, 7) is 3.78. The van der Waals surface area contributed by atoms with E-state index < -0.39 is 10.9 Å². The molecule has 1 rings (SSSR count). The van der Waals surface area contributed by atoms with Crippen LogP contribution < -0.4 is 5.32 Å². The molecule has 0 bridgehead atoms. The Balaban J connectivity index is 2.91. The quantitative estimate of drug-likeness (QED) is 0.613. The summed E-state index contributed by atoms with van der Waals surface area (Å²) in [7, 11) is 0. The maximum absolute atomic E-state index is 10.8. The summed E-state index contributed by atoms with van der Waals surface area (Å²) in [5.41, 5.74) is -0.128. The SMILES string of the molecule is CC(C)C(CC(=O)O)Nc1ncc([N+](=O)[O-])cc1Br. The van der Waals surface area contributed by atoms with Gasteiger partial charge in [0.15, 0.2) is 0 Å². The zero-order valence-corrected chi connectivity index (χ0v) is 12.0. The zero-order valence-electron chi connectivity index (χ0n) is 10.5. The van der Waals surface area contributed by atoms with Crippen LogP contribution in [0.15, 0.2) is 16.7 Å². The number of carboxylic acids is 1. The lowest BCUT2D eigenvalue weighted by atomic mass is 10.0. The molecule has 19 heavy (non-hydrogen) atoms. The van der Waals surface area contributed by atoms with Crippen molar-refractivity contribution in [2.45, 2.75) is 26.3 Å². The number of carbonyl (C=O) groups is 1. The molecule has 0 aliphatic rings. The molecule has 2 N–H and O–H groups in total. The Hall–Kier alpha value is -1.70. The van der Waals surface area contributed by atoms with Crippen LogP contribution in [0.4, 0.5) is 11.5 Å². The van der Waals surface area contributed by atoms with E-state index >= 15 is 0 Å². The summed E-state index contributed by atoms with van der Waals surface area (Å²) in [5.74, 6) is -0.435. The van der Waals surface area contributed by atoms with E-state index in [4.69, 9.17) is 5.11 Å². The van der Waals surface area contributed by atoms with Crippen LogP contribution in [-0.4, -0.2) is 27.0 Å². The molecule has 1 aromatic heterocycles. The van der Waals surface area contributed by atoms with E-state index in [-0.39, 0.29) is 24.1 Å². The third kappa shape index (κ3) is 4.47. The number of nitrogens with one attached hydrogen (secondary N) is 1. The van der Waals surface area contributed by atoms with E-state index in [2.05, 4.69) is 26.2 Å². The molecule has 0 aliphatic heterocycles. The van der Waals surface area contributed by atoms with Gasteiger partial charge in [0.1, 0.15) is 12.0 Å². The highest BCUT2D eigenvalue weighted by Crippen LogP contribution is 2.26. The minimum absolute atomic E-state index is 0.0528. The summed E-state index contributed by atoms with van der Waals surface area (Å²) < 4.78 is 0.428. The first-order valence-corrected chi connectivity index (χ1v) is 6.38. The number of rotatable bonds is 6. The first kappa shape index (κ1) is 15.4. The summed E-state index contributed by atoms with van der Waals surface area (Å²) in [6, 6.07) is 1.02. The van der Waals surface area contributed by atoms with Gasteiger partial charge in [-0.25, -0.2) is 4.98 Å². The predicted molar refractivity (Wildman–Crippen MR) is 73.1 cm³/mol. The highest BCUT2D eigenvalue weighted by molar-refractivity contribution is 9.10. The van der Waals surface area contributed by atoms with E-state index in [1.807, 2.05) is 13.8 Å². The van der Waals surface area contributed by atoms with Crippen LogP contribution in [0.5, 0.6) is 0 Å². The number of anilines is 1. The Morgan fingerprint density at radius 2 is 2.26 bits per heavy atom. The molecule has 104 valence electrons. The van der Waals surface area contributed by atoms with Crippen molar-refractivity contribution in [1.29, 1.82) is 0 Å². The molecule has 0 saturated carbocycles. The summed E-state index contributed by atoms with van der Waals surface area (Å²) in [4.78, 5) is 24.8. The van der Waals surface area contributed by atoms with Crippen molar-refractivity contribution in [3.8, 4) is 0 Å². The van der Waals surface area contributed by atoms with Gasteiger partial charge in [-0.1, -0.05) is 13.8 Å². The van der Waals surface area contributed by atoms with Gasteiger partial charge in [-0.3, -0.25) is 14.9 Å². The molecule has 0 amide bonds. The Morgan fingerprint density at radius 3 is 2.68 bits per heavy atom. The molecule has 0 fully saturated rings. The average molecular weight is 332 g/mol. The molecule has 0 saturated heterocycles. The minimum atomic E-state index is -0.913. The second kappa shape index (κ2) is 6.46. The molecule has 1 atom stereocenters. The van der Waals surface area contributed by atoms with Gasteiger partial charge in [-0.15, -0.1) is 0 Å². The third-order valence-corrected chi connectivity index (χ3v) is 3.16. The lowest BCUT2D eigenvalue weighted by Gasteiger charge is -2.21. The van der Waals surface area contributed by atoms with E-state index in [1.165, 1.54) is 6.07 Å². The van der Waals surface area contributed by atoms with Crippen LogP contribution in [-0.2, 0) is 4.79 Å². The standard InChI is InChI=1S/C11H14BrN3O4/c1-6(2)9(4-10(16)17)14-11-8(12)3-7(5-13-11)15(18)19/h3,5-6,9H,4H2,1-2H3,(H,13,14)(H,16,17). The lowest BCUT2D eigenvalue weighted by molar-refractivity contribution is -0.385. The highest BCUT2D eigenvalue weighted by Gasteiger charge is 2.19. The second-order valence-electron chi connectivity index (χ2n) is 4.37. The Kier molecular flexibility index (Phi) is 5.22. The van der Waals surface area contributed by atoms with Gasteiger partial charge in [-0.2, -0.15) is 0 Å². The average Bonchev–Trinajstić information content (AvgIpc) is 2.29. The van der Waals surface area contributed by atoms with Crippen LogP contribution in [0.1, 0.15) is 20.3 Å². The fourth-order valence-electron chi connectivity index (χ4n) is 1.45. The number of carboxylic acid groups (broad SMARTS) is 1. The fraction of sp³-hybridized carbons (Fsp3) is 0.455. The van der Waals surface area contributed by atoms with Crippen molar-refractivity contribution >= 4 is 33.4 Å². The van der Waals surface area contributed by atoms with Gasteiger partial charge in [0, 0.05) is 12.1 Å². The number of pyridine rings is 1. The zero-order chi connectivity index (χ0) is 14.6. The monoisotopic (exact) mass is 331 g/mol. The van der Waals surface area contributed by atoms with Gasteiger partial charge in [0.05, 0.1) is 15.8 Å². The lowest BCUT2D eigenvalue weighted by Crippen LogP contribution is -2.29. The second-order valence-corrected chi connectivity index (χ2v) is 5.23. The molecule has 0 aromatic carbocycles. The predicted octanol–water partition coefficient (Wildman–Crippen LogP) is 2.66. The van der Waals surface area contributed by atoms with Crippen LogP contribution >= 0.6 is 15.9 Å².